The van der Waals surface area contributed by atoms with Gasteiger partial charge in [0, 0.05) is 18.5 Å². The molecule has 1 atom stereocenters. The average Bonchev–Trinajstić information content (AvgIpc) is 3.01. The molecule has 0 unspecified atom stereocenters. The third-order valence-electron chi connectivity index (χ3n) is 6.14. The van der Waals surface area contributed by atoms with Gasteiger partial charge in [0.2, 0.25) is 0 Å². The Morgan fingerprint density at radius 1 is 1.34 bits per heavy atom. The molecule has 3 rings (SSSR count). The van der Waals surface area contributed by atoms with Gasteiger partial charge in [-0.15, -0.1) is 11.8 Å². The highest BCUT2D eigenvalue weighted by Gasteiger charge is 2.48. The number of amides is 1. The Bertz CT molecular complexity index is 895. The highest BCUT2D eigenvalue weighted by atomic mass is 32.2. The minimum atomic E-state index is -0.525. The number of benzene rings is 1. The normalized spacial score (nSPS) is 20.8. The molecule has 32 heavy (non-hydrogen) atoms. The monoisotopic (exact) mass is 456 g/mol. The van der Waals surface area contributed by atoms with E-state index in [0.29, 0.717) is 0 Å². The fourth-order valence-corrected chi connectivity index (χ4v) is 5.25. The van der Waals surface area contributed by atoms with Gasteiger partial charge in [0.05, 0.1) is 17.3 Å². The molecule has 0 radical (unpaired) electrons. The Morgan fingerprint density at radius 3 is 2.66 bits per heavy atom. The summed E-state index contributed by atoms with van der Waals surface area (Å²) in [4.78, 5) is 23.7. The van der Waals surface area contributed by atoms with E-state index >= 15 is 0 Å². The van der Waals surface area contributed by atoms with E-state index in [-0.39, 0.29) is 17.6 Å². The molecular formula is C25H36N4O2S. The summed E-state index contributed by atoms with van der Waals surface area (Å²) in [5.74, 6) is 1.81. The number of hydrogen-bond acceptors (Lipinski definition) is 6. The van der Waals surface area contributed by atoms with Crippen LogP contribution in [0.3, 0.4) is 0 Å². The molecule has 174 valence electrons. The van der Waals surface area contributed by atoms with Crippen molar-refractivity contribution < 1.29 is 9.53 Å². The second-order valence-electron chi connectivity index (χ2n) is 9.53. The number of piperidine rings is 1. The molecule has 1 aromatic carbocycles. The van der Waals surface area contributed by atoms with Crippen molar-refractivity contribution in [3.8, 4) is 0 Å². The van der Waals surface area contributed by atoms with E-state index in [2.05, 4.69) is 52.0 Å². The van der Waals surface area contributed by atoms with Crippen LogP contribution in [0.2, 0.25) is 0 Å². The number of thioether (sulfide) groups is 1. The van der Waals surface area contributed by atoms with Crippen molar-refractivity contribution in [2.75, 3.05) is 18.8 Å². The van der Waals surface area contributed by atoms with Gasteiger partial charge in [-0.05, 0) is 70.6 Å². The number of fused-ring (bicyclic) bond motifs is 1. The lowest BCUT2D eigenvalue weighted by Crippen LogP contribution is -2.47. The van der Waals surface area contributed by atoms with Gasteiger partial charge in [-0.25, -0.2) is 9.79 Å². The summed E-state index contributed by atoms with van der Waals surface area (Å²) in [6.45, 7) is 15.3. The number of ether oxygens (including phenoxy) is 1. The number of carbonyl (C=O) groups is 1. The first-order valence-electron chi connectivity index (χ1n) is 11.3. The van der Waals surface area contributed by atoms with Gasteiger partial charge in [0.1, 0.15) is 11.4 Å². The predicted octanol–water partition coefficient (Wildman–Crippen LogP) is 5.56. The Kier molecular flexibility index (Phi) is 7.70. The largest absolute Gasteiger partial charge is 0.444 e. The molecular weight excluding hydrogens is 420 g/mol. The first kappa shape index (κ1) is 24.4. The van der Waals surface area contributed by atoms with Crippen LogP contribution >= 0.6 is 11.8 Å². The molecule has 1 aliphatic carbocycles. The molecule has 2 aliphatic rings. The van der Waals surface area contributed by atoms with E-state index < -0.39 is 5.60 Å². The van der Waals surface area contributed by atoms with Gasteiger partial charge < -0.3 is 15.0 Å². The Hall–Kier alpha value is -2.28. The lowest BCUT2D eigenvalue weighted by molar-refractivity contribution is 0.0375. The molecule has 7 heteroatoms. The highest BCUT2D eigenvalue weighted by molar-refractivity contribution is 8.13. The first-order chi connectivity index (χ1) is 15.2. The predicted molar refractivity (Wildman–Crippen MR) is 134 cm³/mol. The molecule has 1 amide bonds. The van der Waals surface area contributed by atoms with Crippen LogP contribution in [0.1, 0.15) is 64.6 Å². The van der Waals surface area contributed by atoms with Crippen LogP contribution in [0, 0.1) is 5.41 Å². The van der Waals surface area contributed by atoms with Crippen LogP contribution in [0.25, 0.3) is 0 Å². The second kappa shape index (κ2) is 10.1. The molecule has 0 bridgehead atoms. The van der Waals surface area contributed by atoms with Crippen molar-refractivity contribution in [1.29, 1.82) is 0 Å². The zero-order chi connectivity index (χ0) is 23.4. The standard InChI is InChI=1S/C25H36N4O2S/c1-7-32-18(2)27-17-21(26-6)29-14-12-25(13-15-29)16-19-10-8-9-11-20(19)22(25)28-23(30)31-24(3,4)5/h8-11,17,22H,6-7,12-16H2,1-5H3,(H,28,30)/b21-17+,27-18?/t22-/m1/s1. The van der Waals surface area contributed by atoms with E-state index in [1.807, 2.05) is 40.0 Å². The lowest BCUT2D eigenvalue weighted by Gasteiger charge is -2.44. The second-order valence-corrected chi connectivity index (χ2v) is 11.0. The highest BCUT2D eigenvalue weighted by Crippen LogP contribution is 2.52. The summed E-state index contributed by atoms with van der Waals surface area (Å²) in [7, 11) is 0. The Labute approximate surface area is 196 Å². The maximum Gasteiger partial charge on any atom is 0.408 e. The van der Waals surface area contributed by atoms with Gasteiger partial charge in [0.25, 0.3) is 0 Å². The molecule has 0 aromatic heterocycles. The summed E-state index contributed by atoms with van der Waals surface area (Å²) in [6, 6.07) is 8.39. The van der Waals surface area contributed by atoms with Crippen LogP contribution in [-0.4, -0.2) is 47.2 Å². The van der Waals surface area contributed by atoms with E-state index in [1.165, 1.54) is 11.1 Å². The third kappa shape index (κ3) is 5.74. The zero-order valence-electron chi connectivity index (χ0n) is 20.0. The van der Waals surface area contributed by atoms with Crippen LogP contribution < -0.4 is 5.32 Å². The summed E-state index contributed by atoms with van der Waals surface area (Å²) >= 11 is 1.72. The lowest BCUT2D eigenvalue weighted by atomic mass is 9.72. The average molecular weight is 457 g/mol. The fourth-order valence-electron chi connectivity index (χ4n) is 4.71. The van der Waals surface area contributed by atoms with Crippen LogP contribution in [0.15, 0.2) is 46.3 Å². The molecule has 6 nitrogen and oxygen atoms in total. The van der Waals surface area contributed by atoms with Gasteiger partial charge in [0.15, 0.2) is 0 Å². The van der Waals surface area contributed by atoms with Crippen molar-refractivity contribution in [3.63, 3.8) is 0 Å². The minimum Gasteiger partial charge on any atom is -0.444 e. The summed E-state index contributed by atoms with van der Waals surface area (Å²) in [6.07, 6.45) is 4.32. The zero-order valence-corrected chi connectivity index (χ0v) is 20.8. The molecule has 1 spiro atoms. The maximum atomic E-state index is 12.7. The fraction of sp³-hybridized carbons (Fsp3) is 0.560. The van der Waals surface area contributed by atoms with Gasteiger partial charge in [-0.1, -0.05) is 31.2 Å². The van der Waals surface area contributed by atoms with E-state index in [1.54, 1.807) is 11.8 Å². The maximum absolute atomic E-state index is 12.7. The number of carbonyl (C=O) groups excluding carboxylic acids is 1. The van der Waals surface area contributed by atoms with E-state index in [4.69, 9.17) is 4.74 Å². The molecule has 1 fully saturated rings. The molecule has 1 heterocycles. The smallest absolute Gasteiger partial charge is 0.408 e. The summed E-state index contributed by atoms with van der Waals surface area (Å²) < 4.78 is 5.59. The topological polar surface area (TPSA) is 66.3 Å². The Morgan fingerprint density at radius 2 is 2.03 bits per heavy atom. The van der Waals surface area contributed by atoms with Crippen molar-refractivity contribution in [2.45, 2.75) is 65.5 Å². The van der Waals surface area contributed by atoms with Gasteiger partial charge in [-0.2, -0.15) is 0 Å². The van der Waals surface area contributed by atoms with Gasteiger partial charge >= 0.3 is 6.09 Å². The van der Waals surface area contributed by atoms with Crippen LogP contribution in [0.5, 0.6) is 0 Å². The van der Waals surface area contributed by atoms with E-state index in [9.17, 15) is 4.79 Å². The molecule has 1 aromatic rings. The van der Waals surface area contributed by atoms with Crippen LogP contribution in [-0.2, 0) is 11.2 Å². The van der Waals surface area contributed by atoms with Crippen molar-refractivity contribution in [1.82, 2.24) is 10.2 Å². The number of alkyl carbamates (subject to hydrolysis) is 1. The molecule has 0 saturated carbocycles. The van der Waals surface area contributed by atoms with E-state index in [0.717, 1.165) is 49.0 Å². The first-order valence-corrected chi connectivity index (χ1v) is 12.3. The van der Waals surface area contributed by atoms with Crippen molar-refractivity contribution in [3.05, 3.63) is 47.4 Å². The quantitative estimate of drug-likeness (QED) is 0.465. The number of rotatable bonds is 5. The van der Waals surface area contributed by atoms with Gasteiger partial charge in [-0.3, -0.25) is 4.99 Å². The third-order valence-corrected chi connectivity index (χ3v) is 6.95. The summed E-state index contributed by atoms with van der Waals surface area (Å²) in [5.41, 5.74) is 1.97. The number of likely N-dealkylation sites (tertiary alicyclic amines) is 1. The van der Waals surface area contributed by atoms with Crippen molar-refractivity contribution in [2.24, 2.45) is 15.4 Å². The van der Waals surface area contributed by atoms with Crippen LogP contribution in [0.4, 0.5) is 4.79 Å². The number of nitrogens with zero attached hydrogens (tertiary/aromatic N) is 3. The summed E-state index contributed by atoms with van der Waals surface area (Å²) in [5, 5.41) is 4.23. The Balaban J connectivity index is 1.77. The molecule has 1 N–H and O–H groups in total. The number of aliphatic imine (C=N–C) groups is 2. The SMILES string of the molecule is C=N/C(=C\N=C(C)SCC)N1CCC2(CC1)Cc1ccccc1[C@H]2NC(=O)OC(C)(C)C. The van der Waals surface area contributed by atoms with Crippen molar-refractivity contribution >= 4 is 29.6 Å². The molecule has 1 aliphatic heterocycles. The number of nitrogens with one attached hydrogen (secondary N) is 1. The molecule has 1 saturated heterocycles. The number of hydrogen-bond donors (Lipinski definition) is 1. The minimum absolute atomic E-state index is 0.0272.